The minimum Gasteiger partial charge on any atom is -0.393 e. The predicted molar refractivity (Wildman–Crippen MR) is 129 cm³/mol. The number of carbonyl (C=O) groups excluding carboxylic acids is 1. The van der Waals surface area contributed by atoms with E-state index < -0.39 is 5.60 Å². The van der Waals surface area contributed by atoms with E-state index >= 15 is 0 Å². The molecule has 1 aromatic carbocycles. The highest BCUT2D eigenvalue weighted by Gasteiger charge is 2.64. The topological polar surface area (TPSA) is 58.9 Å². The van der Waals surface area contributed by atoms with E-state index in [1.165, 1.54) is 18.4 Å². The van der Waals surface area contributed by atoms with Crippen LogP contribution >= 0.6 is 0 Å². The summed E-state index contributed by atoms with van der Waals surface area (Å²) in [6.07, 6.45) is 12.7. The van der Waals surface area contributed by atoms with Gasteiger partial charge in [0.15, 0.2) is 6.29 Å². The summed E-state index contributed by atoms with van der Waals surface area (Å²) in [5.41, 5.74) is 3.02. The molecule has 1 N–H and O–H groups in total. The molecule has 4 heteroatoms. The van der Waals surface area contributed by atoms with Crippen molar-refractivity contribution < 1.29 is 14.7 Å². The van der Waals surface area contributed by atoms with Gasteiger partial charge in [-0.3, -0.25) is 4.79 Å². The Hall–Kier alpha value is -1.94. The predicted octanol–water partition coefficient (Wildman–Crippen LogP) is 5.69. The van der Waals surface area contributed by atoms with Gasteiger partial charge in [0.2, 0.25) is 5.60 Å². The number of fused-ring (bicyclic) bond motifs is 5. The summed E-state index contributed by atoms with van der Waals surface area (Å²) in [6, 6.07) is 10.2. The molecular weight excluding hydrogens is 410 g/mol. The zero-order valence-electron chi connectivity index (χ0n) is 20.0. The summed E-state index contributed by atoms with van der Waals surface area (Å²) in [6.45, 7) is 4.93. The Kier molecular flexibility index (Phi) is 4.93. The molecule has 8 atom stereocenters. The lowest BCUT2D eigenvalue weighted by Gasteiger charge is -2.58. The molecule has 6 rings (SSSR count). The number of aliphatic hydroxyl groups is 1. The number of rotatable bonds is 3. The van der Waals surface area contributed by atoms with Crippen LogP contribution in [0.25, 0.3) is 0 Å². The van der Waals surface area contributed by atoms with Gasteiger partial charge in [0.25, 0.3) is 0 Å². The summed E-state index contributed by atoms with van der Waals surface area (Å²) >= 11 is 0. The molecule has 0 amide bonds. The monoisotopic (exact) mass is 447 g/mol. The van der Waals surface area contributed by atoms with Gasteiger partial charge in [-0.15, -0.1) is 0 Å². The van der Waals surface area contributed by atoms with E-state index in [2.05, 4.69) is 37.2 Å². The van der Waals surface area contributed by atoms with Crippen molar-refractivity contribution in [1.29, 1.82) is 0 Å². The maximum atomic E-state index is 12.6. The second-order valence-electron chi connectivity index (χ2n) is 12.1. The number of aldehydes is 1. The number of carbonyl (C=O) groups is 1. The van der Waals surface area contributed by atoms with E-state index in [0.717, 1.165) is 56.1 Å². The molecule has 4 aliphatic carbocycles. The van der Waals surface area contributed by atoms with E-state index in [4.69, 9.17) is 4.84 Å². The molecule has 4 nitrogen and oxygen atoms in total. The van der Waals surface area contributed by atoms with Crippen molar-refractivity contribution in [3.8, 4) is 0 Å². The van der Waals surface area contributed by atoms with Gasteiger partial charge in [0.05, 0.1) is 11.8 Å². The van der Waals surface area contributed by atoms with Crippen LogP contribution in [0.15, 0.2) is 47.1 Å². The fraction of sp³-hybridized carbons (Fsp3) is 0.655. The standard InChI is InChI=1S/C29H37NO3/c1-27-14-12-21(32)16-20(27)8-9-22-23-10-11-26(28(23,2)15-13-24(22)27)29(18-31)17-25(30-33-29)19-6-4-3-5-7-19/h3-8,18,21-24,26,32H,9-17H2,1-2H3/t21-,22+,23+,24+,26?,27+,28+,29?/m1/s1. The molecule has 0 spiro atoms. The lowest BCUT2D eigenvalue weighted by atomic mass is 9.46. The number of oxime groups is 1. The van der Waals surface area contributed by atoms with Gasteiger partial charge < -0.3 is 9.94 Å². The van der Waals surface area contributed by atoms with Crippen LogP contribution in [-0.2, 0) is 9.63 Å². The molecule has 0 radical (unpaired) electrons. The number of nitrogens with zero attached hydrogens (tertiary/aromatic N) is 1. The summed E-state index contributed by atoms with van der Waals surface area (Å²) in [5.74, 6) is 2.22. The molecule has 0 bridgehead atoms. The van der Waals surface area contributed by atoms with Gasteiger partial charge in [-0.1, -0.05) is 61.0 Å². The molecular formula is C29H37NO3. The van der Waals surface area contributed by atoms with E-state index in [1.807, 2.05) is 18.2 Å². The number of aliphatic hydroxyl groups excluding tert-OH is 1. The van der Waals surface area contributed by atoms with Gasteiger partial charge in [-0.25, -0.2) is 0 Å². The Morgan fingerprint density at radius 2 is 1.88 bits per heavy atom. The summed E-state index contributed by atoms with van der Waals surface area (Å²) in [7, 11) is 0. The van der Waals surface area contributed by atoms with Crippen molar-refractivity contribution in [3.05, 3.63) is 47.5 Å². The van der Waals surface area contributed by atoms with Gasteiger partial charge >= 0.3 is 0 Å². The minimum atomic E-state index is -0.823. The van der Waals surface area contributed by atoms with Gasteiger partial charge in [-0.05, 0) is 85.5 Å². The van der Waals surface area contributed by atoms with Crippen molar-refractivity contribution in [2.45, 2.75) is 83.3 Å². The van der Waals surface area contributed by atoms with Crippen LogP contribution in [0.1, 0.15) is 77.2 Å². The van der Waals surface area contributed by atoms with E-state index in [-0.39, 0.29) is 22.9 Å². The second kappa shape index (κ2) is 7.53. The van der Waals surface area contributed by atoms with Crippen molar-refractivity contribution in [1.82, 2.24) is 0 Å². The Morgan fingerprint density at radius 1 is 1.06 bits per heavy atom. The molecule has 0 aromatic heterocycles. The highest BCUT2D eigenvalue weighted by Crippen LogP contribution is 2.68. The summed E-state index contributed by atoms with van der Waals surface area (Å²) in [4.78, 5) is 18.7. The molecule has 5 aliphatic rings. The number of hydrogen-bond acceptors (Lipinski definition) is 4. The van der Waals surface area contributed by atoms with Gasteiger partial charge in [-0.2, -0.15) is 0 Å². The maximum absolute atomic E-state index is 12.6. The number of hydrogen-bond donors (Lipinski definition) is 1. The van der Waals surface area contributed by atoms with Crippen LogP contribution in [0.5, 0.6) is 0 Å². The van der Waals surface area contributed by atoms with Gasteiger partial charge in [0, 0.05) is 12.3 Å². The van der Waals surface area contributed by atoms with Crippen LogP contribution in [0.3, 0.4) is 0 Å². The van der Waals surface area contributed by atoms with Crippen molar-refractivity contribution in [2.24, 2.45) is 39.7 Å². The first kappa shape index (κ1) is 21.6. The van der Waals surface area contributed by atoms with Crippen LogP contribution in [0, 0.1) is 34.5 Å². The molecule has 33 heavy (non-hydrogen) atoms. The van der Waals surface area contributed by atoms with Crippen molar-refractivity contribution >= 4 is 12.0 Å². The van der Waals surface area contributed by atoms with E-state index in [0.29, 0.717) is 24.2 Å². The van der Waals surface area contributed by atoms with Crippen molar-refractivity contribution in [2.75, 3.05) is 0 Å². The smallest absolute Gasteiger partial charge is 0.201 e. The maximum Gasteiger partial charge on any atom is 0.201 e. The lowest BCUT2D eigenvalue weighted by molar-refractivity contribution is -0.150. The Labute approximate surface area is 197 Å². The molecule has 1 aromatic rings. The molecule has 2 unspecified atom stereocenters. The first-order chi connectivity index (χ1) is 15.9. The van der Waals surface area contributed by atoms with Crippen LogP contribution in [0.4, 0.5) is 0 Å². The fourth-order valence-electron chi connectivity index (χ4n) is 9.03. The van der Waals surface area contributed by atoms with E-state index in [1.54, 1.807) is 0 Å². The molecule has 176 valence electrons. The Morgan fingerprint density at radius 3 is 2.67 bits per heavy atom. The Balaban J connectivity index is 1.28. The fourth-order valence-corrected chi connectivity index (χ4v) is 9.03. The first-order valence-corrected chi connectivity index (χ1v) is 13.0. The van der Waals surface area contributed by atoms with Gasteiger partial charge in [0.1, 0.15) is 0 Å². The second-order valence-corrected chi connectivity index (χ2v) is 12.1. The summed E-state index contributed by atoms with van der Waals surface area (Å²) < 4.78 is 0. The molecule has 3 saturated carbocycles. The zero-order valence-corrected chi connectivity index (χ0v) is 20.0. The quantitative estimate of drug-likeness (QED) is 0.478. The molecule has 1 aliphatic heterocycles. The molecule has 0 saturated heterocycles. The zero-order chi connectivity index (χ0) is 22.8. The number of allylic oxidation sites excluding steroid dienone is 1. The summed E-state index contributed by atoms with van der Waals surface area (Å²) in [5, 5.41) is 14.7. The average molecular weight is 448 g/mol. The van der Waals surface area contributed by atoms with Crippen LogP contribution in [0.2, 0.25) is 0 Å². The van der Waals surface area contributed by atoms with Crippen LogP contribution < -0.4 is 0 Å². The highest BCUT2D eigenvalue weighted by molar-refractivity contribution is 6.03. The lowest BCUT2D eigenvalue weighted by Crippen LogP contribution is -2.54. The highest BCUT2D eigenvalue weighted by atomic mass is 16.7. The molecule has 1 heterocycles. The minimum absolute atomic E-state index is 0.111. The number of benzene rings is 1. The third-order valence-electron chi connectivity index (χ3n) is 10.7. The largest absolute Gasteiger partial charge is 0.393 e. The first-order valence-electron chi connectivity index (χ1n) is 13.0. The Bertz CT molecular complexity index is 1000. The third-order valence-corrected chi connectivity index (χ3v) is 10.7. The van der Waals surface area contributed by atoms with Crippen LogP contribution in [-0.4, -0.2) is 28.8 Å². The normalized spacial score (nSPS) is 46.3. The van der Waals surface area contributed by atoms with Crippen molar-refractivity contribution in [3.63, 3.8) is 0 Å². The third kappa shape index (κ3) is 3.05. The average Bonchev–Trinajstić information content (AvgIpc) is 3.42. The molecule has 3 fully saturated rings. The SMILES string of the molecule is C[C@]12CC[C@@H](O)CC1=CC[C@@H]1[C@@H]2CC[C@]2(C)C(C3(C=O)CC(c4ccccc4)=NO3)CC[C@@H]12. The van der Waals surface area contributed by atoms with E-state index in [9.17, 15) is 9.90 Å².